The first-order chi connectivity index (χ1) is 10.3. The maximum Gasteiger partial charge on any atom is 0.302 e. The van der Waals surface area contributed by atoms with Gasteiger partial charge < -0.3 is 19.9 Å². The minimum Gasteiger partial charge on any atom is -0.469 e. The zero-order valence-corrected chi connectivity index (χ0v) is 16.9. The molecule has 0 saturated carbocycles. The number of nitrogens with zero attached hydrogens (tertiary/aromatic N) is 1. The molecular weight excluding hydrogens is 298 g/mol. The Labute approximate surface area is 142 Å². The number of aryl methyl sites for hydroxylation is 2. The van der Waals surface area contributed by atoms with Crippen LogP contribution in [0.25, 0.3) is 0 Å². The highest BCUT2D eigenvalue weighted by molar-refractivity contribution is 7.97. The zero-order valence-electron chi connectivity index (χ0n) is 16.1. The van der Waals surface area contributed by atoms with Crippen LogP contribution in [0.5, 0.6) is 0 Å². The van der Waals surface area contributed by atoms with Gasteiger partial charge in [0.1, 0.15) is 0 Å². The SMILES string of the molecule is CCNC.CNC.COC(C)=O.CSC.Cc1cccn1C. The van der Waals surface area contributed by atoms with E-state index in [1.165, 1.54) is 19.7 Å². The average Bonchev–Trinajstić information content (AvgIpc) is 2.85. The van der Waals surface area contributed by atoms with Crippen LogP contribution in [0.2, 0.25) is 0 Å². The molecule has 1 heterocycles. The highest BCUT2D eigenvalue weighted by Gasteiger charge is 1.82. The second kappa shape index (κ2) is 28.2. The summed E-state index contributed by atoms with van der Waals surface area (Å²) in [6.45, 7) is 6.58. The molecule has 0 bridgehead atoms. The van der Waals surface area contributed by atoms with Crippen LogP contribution in [-0.2, 0) is 16.6 Å². The van der Waals surface area contributed by atoms with Crippen molar-refractivity contribution in [3.8, 4) is 0 Å². The van der Waals surface area contributed by atoms with Gasteiger partial charge in [0.15, 0.2) is 0 Å². The molecule has 0 amide bonds. The molecular formula is C16H37N3O2S. The quantitative estimate of drug-likeness (QED) is 0.773. The van der Waals surface area contributed by atoms with Crippen molar-refractivity contribution in [2.45, 2.75) is 20.8 Å². The van der Waals surface area contributed by atoms with Gasteiger partial charge in [-0.2, -0.15) is 11.8 Å². The first-order valence-electron chi connectivity index (χ1n) is 7.08. The number of nitrogens with one attached hydrogen (secondary N) is 2. The topological polar surface area (TPSA) is 55.3 Å². The number of carbonyl (C=O) groups excluding carboxylic acids is 1. The van der Waals surface area contributed by atoms with Crippen LogP contribution in [-0.4, -0.2) is 57.8 Å². The molecule has 0 saturated heterocycles. The Balaban J connectivity index is -0.0000000971. The smallest absolute Gasteiger partial charge is 0.302 e. The summed E-state index contributed by atoms with van der Waals surface area (Å²) in [5, 5.41) is 5.68. The minimum absolute atomic E-state index is 0.245. The molecule has 0 fully saturated rings. The second-order valence-corrected chi connectivity index (χ2v) is 4.89. The summed E-state index contributed by atoms with van der Waals surface area (Å²) in [7, 11) is 9.07. The summed E-state index contributed by atoms with van der Waals surface area (Å²) in [5.74, 6) is -0.245. The third-order valence-corrected chi connectivity index (χ3v) is 1.84. The first-order valence-corrected chi connectivity index (χ1v) is 8.71. The fourth-order valence-electron chi connectivity index (χ4n) is 0.547. The van der Waals surface area contributed by atoms with Gasteiger partial charge >= 0.3 is 5.97 Å². The molecule has 0 atom stereocenters. The molecule has 22 heavy (non-hydrogen) atoms. The lowest BCUT2D eigenvalue weighted by Crippen LogP contribution is -2.01. The van der Waals surface area contributed by atoms with E-state index in [0.29, 0.717) is 0 Å². The molecule has 6 heteroatoms. The van der Waals surface area contributed by atoms with E-state index >= 15 is 0 Å². The van der Waals surface area contributed by atoms with Gasteiger partial charge in [0.25, 0.3) is 0 Å². The Morgan fingerprint density at radius 1 is 1.32 bits per heavy atom. The molecule has 134 valence electrons. The molecule has 2 N–H and O–H groups in total. The number of ether oxygens (including phenoxy) is 1. The number of methoxy groups -OCH3 is 1. The summed E-state index contributed by atoms with van der Waals surface area (Å²) in [4.78, 5) is 9.59. The zero-order chi connectivity index (χ0) is 18.4. The average molecular weight is 336 g/mol. The third kappa shape index (κ3) is 42.7. The Kier molecular flexibility index (Phi) is 37.3. The maximum absolute atomic E-state index is 9.59. The molecule has 0 aliphatic carbocycles. The molecule has 0 radical (unpaired) electrons. The largest absolute Gasteiger partial charge is 0.469 e. The monoisotopic (exact) mass is 335 g/mol. The molecule has 0 spiro atoms. The molecule has 0 aliphatic rings. The van der Waals surface area contributed by atoms with Crippen LogP contribution >= 0.6 is 11.8 Å². The number of thioether (sulfide) groups is 1. The van der Waals surface area contributed by atoms with Crippen molar-refractivity contribution in [3.63, 3.8) is 0 Å². The van der Waals surface area contributed by atoms with Crippen LogP contribution in [0.1, 0.15) is 19.5 Å². The van der Waals surface area contributed by atoms with Gasteiger partial charge in [-0.05, 0) is 59.3 Å². The number of esters is 1. The first kappa shape index (κ1) is 29.1. The summed E-state index contributed by atoms with van der Waals surface area (Å²) in [5.41, 5.74) is 1.31. The lowest BCUT2D eigenvalue weighted by Gasteiger charge is -1.89. The molecule has 0 aliphatic heterocycles. The summed E-state index contributed by atoms with van der Waals surface area (Å²) >= 11 is 1.75. The third-order valence-electron chi connectivity index (χ3n) is 1.84. The number of hydrogen-bond donors (Lipinski definition) is 2. The normalized spacial score (nSPS) is 7.55. The Morgan fingerprint density at radius 2 is 1.64 bits per heavy atom. The van der Waals surface area contributed by atoms with Crippen molar-refractivity contribution in [3.05, 3.63) is 24.0 Å². The van der Waals surface area contributed by atoms with Crippen molar-refractivity contribution in [1.82, 2.24) is 15.2 Å². The number of aromatic nitrogens is 1. The molecule has 1 aromatic heterocycles. The minimum atomic E-state index is -0.245. The van der Waals surface area contributed by atoms with Gasteiger partial charge in [-0.3, -0.25) is 4.79 Å². The van der Waals surface area contributed by atoms with E-state index in [1.54, 1.807) is 11.8 Å². The Morgan fingerprint density at radius 3 is 1.68 bits per heavy atom. The van der Waals surface area contributed by atoms with Gasteiger partial charge in [-0.1, -0.05) is 6.92 Å². The number of hydrogen-bond acceptors (Lipinski definition) is 5. The van der Waals surface area contributed by atoms with Gasteiger partial charge in [-0.25, -0.2) is 0 Å². The van der Waals surface area contributed by atoms with Crippen molar-refractivity contribution >= 4 is 17.7 Å². The van der Waals surface area contributed by atoms with Crippen molar-refractivity contribution in [1.29, 1.82) is 0 Å². The molecule has 0 aromatic carbocycles. The van der Waals surface area contributed by atoms with E-state index in [9.17, 15) is 4.79 Å². The van der Waals surface area contributed by atoms with Gasteiger partial charge in [0.05, 0.1) is 7.11 Å². The fourth-order valence-corrected chi connectivity index (χ4v) is 0.547. The van der Waals surface area contributed by atoms with Crippen molar-refractivity contribution in [2.24, 2.45) is 7.05 Å². The standard InChI is InChI=1S/C6H9N.C3H9N.C3H6O2.C2H7N.C2H6S/c1-6-4-3-5-7(6)2;1-3-4-2;1-3(4)5-2;2*1-3-2/h3-5H,1-2H3;4H,3H2,1-2H3;1-2H3;3H,1-2H3;1-2H3. The Bertz CT molecular complexity index is 285. The van der Waals surface area contributed by atoms with E-state index in [1.807, 2.05) is 53.0 Å². The van der Waals surface area contributed by atoms with Crippen LogP contribution in [0.4, 0.5) is 0 Å². The fraction of sp³-hybridized carbons (Fsp3) is 0.688. The molecule has 1 aromatic rings. The van der Waals surface area contributed by atoms with Crippen LogP contribution in [0, 0.1) is 6.92 Å². The number of rotatable bonds is 1. The van der Waals surface area contributed by atoms with Crippen LogP contribution in [0.3, 0.4) is 0 Å². The van der Waals surface area contributed by atoms with Gasteiger partial charge in [-0.15, -0.1) is 0 Å². The summed E-state index contributed by atoms with van der Waals surface area (Å²) in [6.07, 6.45) is 6.12. The van der Waals surface area contributed by atoms with Crippen LogP contribution in [0.15, 0.2) is 18.3 Å². The van der Waals surface area contributed by atoms with E-state index in [4.69, 9.17) is 0 Å². The summed E-state index contributed by atoms with van der Waals surface area (Å²) < 4.78 is 6.19. The predicted molar refractivity (Wildman–Crippen MR) is 102 cm³/mol. The van der Waals surface area contributed by atoms with E-state index in [0.717, 1.165) is 6.54 Å². The highest BCUT2D eigenvalue weighted by Crippen LogP contribution is 1.93. The van der Waals surface area contributed by atoms with E-state index in [2.05, 4.69) is 39.9 Å². The second-order valence-electron chi connectivity index (χ2n) is 4.07. The molecule has 1 rings (SSSR count). The number of carbonyl (C=O) groups is 1. The summed E-state index contributed by atoms with van der Waals surface area (Å²) in [6, 6.07) is 4.12. The van der Waals surface area contributed by atoms with Crippen molar-refractivity contribution in [2.75, 3.05) is 47.3 Å². The Hall–Kier alpha value is -0.980. The molecule has 0 unspecified atom stereocenters. The highest BCUT2D eigenvalue weighted by atomic mass is 32.2. The lowest BCUT2D eigenvalue weighted by atomic mass is 10.5. The van der Waals surface area contributed by atoms with Gasteiger partial charge in [0.2, 0.25) is 0 Å². The lowest BCUT2D eigenvalue weighted by molar-refractivity contribution is -0.137. The van der Waals surface area contributed by atoms with E-state index in [-0.39, 0.29) is 5.97 Å². The van der Waals surface area contributed by atoms with Gasteiger partial charge in [0, 0.05) is 25.9 Å². The predicted octanol–water partition coefficient (Wildman–Crippen LogP) is 2.55. The molecule has 5 nitrogen and oxygen atoms in total. The van der Waals surface area contributed by atoms with E-state index < -0.39 is 0 Å². The van der Waals surface area contributed by atoms with Crippen molar-refractivity contribution < 1.29 is 9.53 Å². The van der Waals surface area contributed by atoms with Crippen LogP contribution < -0.4 is 10.6 Å². The maximum atomic E-state index is 9.59.